The van der Waals surface area contributed by atoms with Crippen LogP contribution in [-0.2, 0) is 23.9 Å². The first kappa shape index (κ1) is 23.9. The molecule has 2 N–H and O–H groups in total. The van der Waals surface area contributed by atoms with Crippen molar-refractivity contribution in [2.45, 2.75) is 19.4 Å². The number of hydrogen-bond acceptors (Lipinski definition) is 7. The molecule has 1 unspecified atom stereocenters. The summed E-state index contributed by atoms with van der Waals surface area (Å²) in [6.45, 7) is 2.78. The minimum Gasteiger partial charge on any atom is -0.469 e. The van der Waals surface area contributed by atoms with Gasteiger partial charge in [-0.15, -0.1) is 11.3 Å². The van der Waals surface area contributed by atoms with E-state index in [0.29, 0.717) is 23.7 Å². The summed E-state index contributed by atoms with van der Waals surface area (Å²) in [5.41, 5.74) is 1.99. The number of anilines is 2. The monoisotopic (exact) mass is 523 g/mol. The third-order valence-electron chi connectivity index (χ3n) is 4.76. The molecule has 0 radical (unpaired) electrons. The Morgan fingerprint density at radius 1 is 1.28 bits per heavy atom. The van der Waals surface area contributed by atoms with Crippen molar-refractivity contribution in [3.05, 3.63) is 44.6 Å². The van der Waals surface area contributed by atoms with Crippen molar-refractivity contribution < 1.29 is 28.7 Å². The molecule has 0 aliphatic carbocycles. The van der Waals surface area contributed by atoms with Gasteiger partial charge in [-0.25, -0.2) is 0 Å². The first-order valence-corrected chi connectivity index (χ1v) is 11.3. The van der Waals surface area contributed by atoms with Crippen molar-refractivity contribution in [1.29, 1.82) is 0 Å². The lowest BCUT2D eigenvalue weighted by atomic mass is 10.1. The van der Waals surface area contributed by atoms with Crippen LogP contribution in [0.1, 0.15) is 21.7 Å². The number of aryl methyl sites for hydroxylation is 1. The van der Waals surface area contributed by atoms with Crippen LogP contribution in [0, 0.1) is 6.92 Å². The highest BCUT2D eigenvalue weighted by atomic mass is 79.9. The fraction of sp³-hybridized carbons (Fsp3) is 0.333. The van der Waals surface area contributed by atoms with E-state index in [1.165, 1.54) is 18.4 Å². The first-order valence-electron chi connectivity index (χ1n) is 9.71. The molecule has 0 saturated carbocycles. The maximum absolute atomic E-state index is 12.9. The van der Waals surface area contributed by atoms with Crippen LogP contribution < -0.4 is 15.5 Å². The van der Waals surface area contributed by atoms with E-state index in [2.05, 4.69) is 31.3 Å². The molecule has 1 aliphatic heterocycles. The van der Waals surface area contributed by atoms with E-state index < -0.39 is 23.8 Å². The van der Waals surface area contributed by atoms with Crippen molar-refractivity contribution in [1.82, 2.24) is 5.32 Å². The van der Waals surface area contributed by atoms with Crippen molar-refractivity contribution in [2.24, 2.45) is 0 Å². The lowest BCUT2D eigenvalue weighted by molar-refractivity contribution is -0.142. The highest BCUT2D eigenvalue weighted by molar-refractivity contribution is 9.11. The molecule has 170 valence electrons. The molecule has 3 rings (SSSR count). The van der Waals surface area contributed by atoms with Crippen LogP contribution in [0.25, 0.3) is 0 Å². The van der Waals surface area contributed by atoms with Gasteiger partial charge in [-0.3, -0.25) is 19.2 Å². The maximum atomic E-state index is 12.9. The molecule has 1 aliphatic rings. The van der Waals surface area contributed by atoms with Crippen LogP contribution in [0.3, 0.4) is 0 Å². The highest BCUT2D eigenvalue weighted by Gasteiger charge is 2.26. The molecule has 32 heavy (non-hydrogen) atoms. The van der Waals surface area contributed by atoms with E-state index in [1.54, 1.807) is 35.2 Å². The van der Waals surface area contributed by atoms with Gasteiger partial charge in [0.05, 0.1) is 28.8 Å². The number of ether oxygens (including phenoxy) is 2. The van der Waals surface area contributed by atoms with Gasteiger partial charge < -0.3 is 25.0 Å². The second-order valence-corrected chi connectivity index (χ2v) is 9.46. The predicted octanol–water partition coefficient (Wildman–Crippen LogP) is 2.48. The summed E-state index contributed by atoms with van der Waals surface area (Å²) in [7, 11) is 1.21. The van der Waals surface area contributed by atoms with E-state index in [4.69, 9.17) is 4.74 Å². The summed E-state index contributed by atoms with van der Waals surface area (Å²) in [5, 5.41) is 5.31. The van der Waals surface area contributed by atoms with Gasteiger partial charge in [-0.1, -0.05) is 0 Å². The van der Waals surface area contributed by atoms with Gasteiger partial charge >= 0.3 is 5.97 Å². The molecular formula is C21H22BrN3O6S. The topological polar surface area (TPSA) is 114 Å². The number of amides is 3. The molecule has 2 aromatic rings. The van der Waals surface area contributed by atoms with Crippen LogP contribution >= 0.6 is 27.3 Å². The second-order valence-electron chi connectivity index (χ2n) is 7.00. The number of carbonyl (C=O) groups excluding carboxylic acids is 4. The van der Waals surface area contributed by atoms with Crippen LogP contribution in [0.5, 0.6) is 0 Å². The van der Waals surface area contributed by atoms with E-state index in [0.717, 1.165) is 15.0 Å². The first-order chi connectivity index (χ1) is 15.3. The summed E-state index contributed by atoms with van der Waals surface area (Å²) in [6, 6.07) is 7.34. The number of carbonyl (C=O) groups is 4. The molecule has 1 atom stereocenters. The number of rotatable bonds is 7. The minimum absolute atomic E-state index is 0.0354. The normalized spacial score (nSPS) is 14.6. The van der Waals surface area contributed by atoms with Crippen molar-refractivity contribution >= 4 is 62.3 Å². The smallest absolute Gasteiger partial charge is 0.308 e. The largest absolute Gasteiger partial charge is 0.469 e. The number of hydrogen-bond donors (Lipinski definition) is 2. The number of benzene rings is 1. The Hall–Kier alpha value is -2.76. The summed E-state index contributed by atoms with van der Waals surface area (Å²) < 4.78 is 10.6. The number of nitrogens with zero attached hydrogens (tertiary/aromatic N) is 1. The number of halogens is 1. The van der Waals surface area contributed by atoms with Gasteiger partial charge in [0.2, 0.25) is 5.91 Å². The standard InChI is InChI=1S/C21H22BrN3O6S/c1-12-9-13(3-4-15(12)25-7-8-31-11-18(25)26)23-20(28)14(10-19(27)30-2)24-21(29)16-5-6-17(22)32-16/h3-6,9,14H,7-8,10-11H2,1-2H3,(H,23,28)(H,24,29). The van der Waals surface area contributed by atoms with Gasteiger partial charge in [0.1, 0.15) is 12.6 Å². The average Bonchev–Trinajstić information content (AvgIpc) is 3.20. The SMILES string of the molecule is COC(=O)CC(NC(=O)c1ccc(Br)s1)C(=O)Nc1ccc(N2CCOCC2=O)c(C)c1. The zero-order chi connectivity index (χ0) is 23.3. The number of nitrogens with one attached hydrogen (secondary N) is 2. The molecule has 1 aromatic heterocycles. The Morgan fingerprint density at radius 3 is 2.69 bits per heavy atom. The third-order valence-corrected chi connectivity index (χ3v) is 6.38. The fourth-order valence-corrected chi connectivity index (χ4v) is 4.45. The van der Waals surface area contributed by atoms with Gasteiger partial charge in [-0.05, 0) is 58.7 Å². The quantitative estimate of drug-likeness (QED) is 0.539. The lowest BCUT2D eigenvalue weighted by Gasteiger charge is -2.28. The Morgan fingerprint density at radius 2 is 2.06 bits per heavy atom. The van der Waals surface area contributed by atoms with Crippen molar-refractivity contribution in [3.8, 4) is 0 Å². The van der Waals surface area contributed by atoms with E-state index in [-0.39, 0.29) is 18.9 Å². The average molecular weight is 524 g/mol. The fourth-order valence-electron chi connectivity index (χ4n) is 3.16. The van der Waals surface area contributed by atoms with Gasteiger partial charge in [0.15, 0.2) is 0 Å². The molecule has 11 heteroatoms. The highest BCUT2D eigenvalue weighted by Crippen LogP contribution is 2.25. The molecule has 1 aromatic carbocycles. The number of esters is 1. The lowest BCUT2D eigenvalue weighted by Crippen LogP contribution is -2.45. The second kappa shape index (κ2) is 10.7. The molecular weight excluding hydrogens is 502 g/mol. The van der Waals surface area contributed by atoms with Crippen LogP contribution in [0.4, 0.5) is 11.4 Å². The Labute approximate surface area is 197 Å². The third kappa shape index (κ3) is 5.93. The molecule has 1 fully saturated rings. The summed E-state index contributed by atoms with van der Waals surface area (Å²) in [5.74, 6) is -1.79. The summed E-state index contributed by atoms with van der Waals surface area (Å²) in [4.78, 5) is 51.3. The molecule has 0 bridgehead atoms. The Kier molecular flexibility index (Phi) is 7.99. The van der Waals surface area contributed by atoms with Crippen molar-refractivity contribution in [3.63, 3.8) is 0 Å². The molecule has 0 spiro atoms. The van der Waals surface area contributed by atoms with Crippen LogP contribution in [0.15, 0.2) is 34.1 Å². The van der Waals surface area contributed by atoms with Gasteiger partial charge in [0, 0.05) is 17.9 Å². The molecule has 3 amide bonds. The van der Waals surface area contributed by atoms with Crippen LogP contribution in [-0.4, -0.2) is 56.6 Å². The Bertz CT molecular complexity index is 1040. The summed E-state index contributed by atoms with van der Waals surface area (Å²) >= 11 is 4.50. The molecule has 9 nitrogen and oxygen atoms in total. The summed E-state index contributed by atoms with van der Waals surface area (Å²) in [6.07, 6.45) is -0.319. The van der Waals surface area contributed by atoms with Crippen molar-refractivity contribution in [2.75, 3.05) is 37.1 Å². The molecule has 1 saturated heterocycles. The van der Waals surface area contributed by atoms with E-state index in [9.17, 15) is 19.2 Å². The van der Waals surface area contributed by atoms with E-state index >= 15 is 0 Å². The predicted molar refractivity (Wildman–Crippen MR) is 123 cm³/mol. The van der Waals surface area contributed by atoms with Gasteiger partial charge in [0.25, 0.3) is 11.8 Å². The molecule has 2 heterocycles. The van der Waals surface area contributed by atoms with E-state index in [1.807, 2.05) is 6.92 Å². The zero-order valence-electron chi connectivity index (χ0n) is 17.5. The minimum atomic E-state index is -1.13. The number of thiophene rings is 1. The van der Waals surface area contributed by atoms with Crippen LogP contribution in [0.2, 0.25) is 0 Å². The zero-order valence-corrected chi connectivity index (χ0v) is 19.9. The maximum Gasteiger partial charge on any atom is 0.308 e. The number of methoxy groups -OCH3 is 1. The number of morpholine rings is 1. The van der Waals surface area contributed by atoms with Gasteiger partial charge in [-0.2, -0.15) is 0 Å². The Balaban J connectivity index is 1.73.